The maximum absolute atomic E-state index is 12.7. The molecular formula is C19H23NO4S. The Labute approximate surface area is 148 Å². The lowest BCUT2D eigenvalue weighted by molar-refractivity contribution is 0.0442. The lowest BCUT2D eigenvalue weighted by atomic mass is 9.96. The Kier molecular flexibility index (Phi) is 4.62. The van der Waals surface area contributed by atoms with Gasteiger partial charge in [-0.25, -0.2) is 13.1 Å². The van der Waals surface area contributed by atoms with Gasteiger partial charge in [0.2, 0.25) is 10.0 Å². The summed E-state index contributed by atoms with van der Waals surface area (Å²) in [6, 6.07) is 10.8. The van der Waals surface area contributed by atoms with E-state index in [0.717, 1.165) is 28.7 Å². The molecule has 1 aliphatic carbocycles. The number of hydrogen-bond donors (Lipinski definition) is 2. The average molecular weight is 361 g/mol. The van der Waals surface area contributed by atoms with Crippen LogP contribution in [0.3, 0.4) is 0 Å². The van der Waals surface area contributed by atoms with Crippen molar-refractivity contribution in [2.24, 2.45) is 0 Å². The molecule has 2 N–H and O–H groups in total. The van der Waals surface area contributed by atoms with Gasteiger partial charge in [0, 0.05) is 6.54 Å². The SMILES string of the molecule is COc1c(C)cc(S(=O)(=O)NCC2(O)CCc3ccccc32)cc1C. The minimum Gasteiger partial charge on any atom is -0.496 e. The molecule has 5 nitrogen and oxygen atoms in total. The summed E-state index contributed by atoms with van der Waals surface area (Å²) in [7, 11) is -2.16. The molecule has 0 radical (unpaired) electrons. The minimum absolute atomic E-state index is 0.0452. The third-order valence-corrected chi connectivity index (χ3v) is 6.21. The molecule has 1 aliphatic rings. The summed E-state index contributed by atoms with van der Waals surface area (Å²) in [4.78, 5) is 0.179. The highest BCUT2D eigenvalue weighted by Crippen LogP contribution is 2.36. The monoisotopic (exact) mass is 361 g/mol. The topological polar surface area (TPSA) is 75.6 Å². The van der Waals surface area contributed by atoms with Crippen LogP contribution in [0.2, 0.25) is 0 Å². The number of nitrogens with one attached hydrogen (secondary N) is 1. The smallest absolute Gasteiger partial charge is 0.240 e. The Hall–Kier alpha value is -1.89. The van der Waals surface area contributed by atoms with Gasteiger partial charge in [-0.15, -0.1) is 0 Å². The van der Waals surface area contributed by atoms with E-state index in [9.17, 15) is 13.5 Å². The molecule has 0 heterocycles. The van der Waals surface area contributed by atoms with Crippen molar-refractivity contribution >= 4 is 10.0 Å². The fourth-order valence-electron chi connectivity index (χ4n) is 3.54. The van der Waals surface area contributed by atoms with Crippen molar-refractivity contribution in [1.82, 2.24) is 4.72 Å². The lowest BCUT2D eigenvalue weighted by Gasteiger charge is -2.24. The first-order valence-electron chi connectivity index (χ1n) is 8.22. The largest absolute Gasteiger partial charge is 0.496 e. The molecule has 1 unspecified atom stereocenters. The summed E-state index contributed by atoms with van der Waals surface area (Å²) in [5.41, 5.74) is 2.22. The van der Waals surface area contributed by atoms with Crippen LogP contribution in [0, 0.1) is 13.8 Å². The van der Waals surface area contributed by atoms with Crippen molar-refractivity contribution in [3.63, 3.8) is 0 Å². The van der Waals surface area contributed by atoms with Gasteiger partial charge >= 0.3 is 0 Å². The maximum atomic E-state index is 12.7. The summed E-state index contributed by atoms with van der Waals surface area (Å²) < 4.78 is 33.2. The minimum atomic E-state index is -3.72. The first-order valence-corrected chi connectivity index (χ1v) is 9.71. The number of methoxy groups -OCH3 is 1. The predicted molar refractivity (Wildman–Crippen MR) is 96.3 cm³/mol. The van der Waals surface area contributed by atoms with E-state index in [2.05, 4.69) is 4.72 Å². The highest BCUT2D eigenvalue weighted by molar-refractivity contribution is 7.89. The molecule has 3 rings (SSSR count). The Bertz CT molecular complexity index is 884. The number of hydrogen-bond acceptors (Lipinski definition) is 4. The molecule has 0 saturated heterocycles. The quantitative estimate of drug-likeness (QED) is 0.858. The van der Waals surface area contributed by atoms with E-state index in [0.29, 0.717) is 12.2 Å². The van der Waals surface area contributed by atoms with Gasteiger partial charge < -0.3 is 9.84 Å². The summed E-state index contributed by atoms with van der Waals surface area (Å²) in [5, 5.41) is 10.9. The fraction of sp³-hybridized carbons (Fsp3) is 0.368. The zero-order valence-electron chi connectivity index (χ0n) is 14.7. The molecule has 2 aromatic rings. The number of fused-ring (bicyclic) bond motifs is 1. The van der Waals surface area contributed by atoms with Gasteiger partial charge in [-0.2, -0.15) is 0 Å². The van der Waals surface area contributed by atoms with Gasteiger partial charge in [-0.1, -0.05) is 24.3 Å². The molecule has 0 aliphatic heterocycles. The maximum Gasteiger partial charge on any atom is 0.240 e. The zero-order chi connectivity index (χ0) is 18.2. The molecule has 134 valence electrons. The molecule has 0 fully saturated rings. The fourth-order valence-corrected chi connectivity index (χ4v) is 4.80. The molecule has 1 atom stereocenters. The zero-order valence-corrected chi connectivity index (χ0v) is 15.5. The van der Waals surface area contributed by atoms with Gasteiger partial charge in [0.1, 0.15) is 11.4 Å². The van der Waals surface area contributed by atoms with Crippen molar-refractivity contribution < 1.29 is 18.3 Å². The van der Waals surface area contributed by atoms with Gasteiger partial charge in [0.05, 0.1) is 12.0 Å². The van der Waals surface area contributed by atoms with E-state index < -0.39 is 15.6 Å². The van der Waals surface area contributed by atoms with E-state index in [1.807, 2.05) is 38.1 Å². The summed E-state index contributed by atoms with van der Waals surface area (Å²) >= 11 is 0. The van der Waals surface area contributed by atoms with E-state index in [4.69, 9.17) is 4.74 Å². The molecule has 0 aromatic heterocycles. The van der Waals surface area contributed by atoms with Crippen LogP contribution in [0.25, 0.3) is 0 Å². The molecule has 0 amide bonds. The van der Waals surface area contributed by atoms with E-state index in [1.54, 1.807) is 19.2 Å². The standard InChI is InChI=1S/C19H23NO4S/c1-13-10-16(11-14(2)18(13)24-3)25(22,23)20-12-19(21)9-8-15-6-4-5-7-17(15)19/h4-7,10-11,20-21H,8-9,12H2,1-3H3. The molecule has 0 saturated carbocycles. The Morgan fingerprint density at radius 3 is 2.48 bits per heavy atom. The van der Waals surface area contributed by atoms with E-state index >= 15 is 0 Å². The van der Waals surface area contributed by atoms with Crippen LogP contribution in [0.5, 0.6) is 5.75 Å². The number of ether oxygens (including phenoxy) is 1. The molecule has 0 bridgehead atoms. The van der Waals surface area contributed by atoms with Gasteiger partial charge in [0.15, 0.2) is 0 Å². The van der Waals surface area contributed by atoms with Crippen LogP contribution in [0.15, 0.2) is 41.3 Å². The molecule has 2 aromatic carbocycles. The van der Waals surface area contributed by atoms with Crippen LogP contribution in [-0.2, 0) is 22.0 Å². The third-order valence-electron chi connectivity index (χ3n) is 4.83. The Morgan fingerprint density at radius 2 is 1.84 bits per heavy atom. The van der Waals surface area contributed by atoms with E-state index in [-0.39, 0.29) is 11.4 Å². The highest BCUT2D eigenvalue weighted by atomic mass is 32.2. The van der Waals surface area contributed by atoms with E-state index in [1.165, 1.54) is 0 Å². The number of aryl methyl sites for hydroxylation is 3. The average Bonchev–Trinajstić information content (AvgIpc) is 2.91. The van der Waals surface area contributed by atoms with Crippen molar-refractivity contribution in [2.45, 2.75) is 37.2 Å². The third kappa shape index (κ3) is 3.29. The lowest BCUT2D eigenvalue weighted by Crippen LogP contribution is -2.39. The molecule has 0 spiro atoms. The highest BCUT2D eigenvalue weighted by Gasteiger charge is 2.37. The second-order valence-corrected chi connectivity index (χ2v) is 8.37. The number of benzene rings is 2. The van der Waals surface area contributed by atoms with Crippen LogP contribution in [0.4, 0.5) is 0 Å². The molecular weight excluding hydrogens is 338 g/mol. The normalized spacial score (nSPS) is 19.7. The van der Waals surface area contributed by atoms with Crippen LogP contribution < -0.4 is 9.46 Å². The van der Waals surface area contributed by atoms with Crippen LogP contribution in [-0.4, -0.2) is 27.2 Å². The van der Waals surface area contributed by atoms with Crippen molar-refractivity contribution in [1.29, 1.82) is 0 Å². The Morgan fingerprint density at radius 1 is 1.20 bits per heavy atom. The van der Waals surface area contributed by atoms with Gasteiger partial charge in [-0.05, 0) is 61.1 Å². The Balaban J connectivity index is 1.84. The van der Waals surface area contributed by atoms with Crippen molar-refractivity contribution in [3.8, 4) is 5.75 Å². The van der Waals surface area contributed by atoms with Gasteiger partial charge in [-0.3, -0.25) is 0 Å². The van der Waals surface area contributed by atoms with Gasteiger partial charge in [0.25, 0.3) is 0 Å². The first-order chi connectivity index (χ1) is 11.8. The summed E-state index contributed by atoms with van der Waals surface area (Å²) in [6.45, 7) is 3.58. The van der Waals surface area contributed by atoms with Crippen molar-refractivity contribution in [3.05, 3.63) is 58.7 Å². The first kappa shape index (κ1) is 17.9. The number of sulfonamides is 1. The summed E-state index contributed by atoms with van der Waals surface area (Å²) in [5.74, 6) is 0.683. The second-order valence-electron chi connectivity index (χ2n) is 6.60. The molecule has 6 heteroatoms. The summed E-state index contributed by atoms with van der Waals surface area (Å²) in [6.07, 6.45) is 1.25. The number of aliphatic hydroxyl groups is 1. The molecule has 25 heavy (non-hydrogen) atoms. The van der Waals surface area contributed by atoms with Crippen LogP contribution in [0.1, 0.15) is 28.7 Å². The predicted octanol–water partition coefficient (Wildman–Crippen LogP) is 2.42. The second kappa shape index (κ2) is 6.44. The number of rotatable bonds is 5. The van der Waals surface area contributed by atoms with Crippen molar-refractivity contribution in [2.75, 3.05) is 13.7 Å². The van der Waals surface area contributed by atoms with Crippen LogP contribution >= 0.6 is 0 Å².